The number of hydrogen-bond donors (Lipinski definition) is 2. The van der Waals surface area contributed by atoms with Gasteiger partial charge in [0.25, 0.3) is 5.91 Å². The van der Waals surface area contributed by atoms with Gasteiger partial charge in [0.15, 0.2) is 0 Å². The van der Waals surface area contributed by atoms with Crippen molar-refractivity contribution in [2.24, 2.45) is 0 Å². The smallest absolute Gasteiger partial charge is 0.310 e. The van der Waals surface area contributed by atoms with E-state index >= 15 is 0 Å². The fraction of sp³-hybridized carbons (Fsp3) is 0.214. The van der Waals surface area contributed by atoms with Crippen LogP contribution in [0.3, 0.4) is 0 Å². The van der Waals surface area contributed by atoms with Crippen LogP contribution >= 0.6 is 23.2 Å². The molecule has 5 rings (SSSR count). The van der Waals surface area contributed by atoms with E-state index in [0.29, 0.717) is 29.1 Å². The lowest BCUT2D eigenvalue weighted by Gasteiger charge is -2.13. The molecule has 0 aliphatic rings. The van der Waals surface area contributed by atoms with Crippen molar-refractivity contribution >= 4 is 63.1 Å². The number of amides is 1. The van der Waals surface area contributed by atoms with Crippen molar-refractivity contribution in [2.45, 2.75) is 33.2 Å². The molecular formula is C28H24Cl2FN5O3. The number of nitrogens with zero attached hydrogens (tertiary/aromatic N) is 3. The number of benzene rings is 3. The third-order valence-electron chi connectivity index (χ3n) is 6.15. The Kier molecular flexibility index (Phi) is 7.29. The van der Waals surface area contributed by atoms with E-state index in [-0.39, 0.29) is 45.4 Å². The van der Waals surface area contributed by atoms with Gasteiger partial charge in [-0.25, -0.2) is 14.4 Å². The molecule has 11 heteroatoms. The van der Waals surface area contributed by atoms with Gasteiger partial charge in [0.2, 0.25) is 5.95 Å². The zero-order chi connectivity index (χ0) is 27.8. The Labute approximate surface area is 233 Å². The molecule has 2 N–H and O–H groups in total. The lowest BCUT2D eigenvalue weighted by Crippen LogP contribution is -2.17. The highest BCUT2D eigenvalue weighted by molar-refractivity contribution is 6.36. The lowest BCUT2D eigenvalue weighted by molar-refractivity contribution is -0.142. The second-order valence-electron chi connectivity index (χ2n) is 9.19. The van der Waals surface area contributed by atoms with E-state index in [1.165, 1.54) is 18.2 Å². The molecule has 8 nitrogen and oxygen atoms in total. The van der Waals surface area contributed by atoms with Crippen LogP contribution in [0.4, 0.5) is 10.3 Å². The third kappa shape index (κ3) is 5.20. The summed E-state index contributed by atoms with van der Waals surface area (Å²) in [5.41, 5.74) is 3.40. The second kappa shape index (κ2) is 10.7. The molecule has 0 bridgehead atoms. The minimum Gasteiger partial charge on any atom is -0.466 e. The summed E-state index contributed by atoms with van der Waals surface area (Å²) in [6, 6.07) is 12.9. The average Bonchev–Trinajstić information content (AvgIpc) is 3.45. The van der Waals surface area contributed by atoms with E-state index in [2.05, 4.69) is 20.3 Å². The van der Waals surface area contributed by atoms with Crippen molar-refractivity contribution in [3.63, 3.8) is 0 Å². The Morgan fingerprint density at radius 3 is 2.62 bits per heavy atom. The fourth-order valence-electron chi connectivity index (χ4n) is 4.47. The van der Waals surface area contributed by atoms with Gasteiger partial charge in [-0.2, -0.15) is 0 Å². The monoisotopic (exact) mass is 567 g/mol. The van der Waals surface area contributed by atoms with E-state index in [1.807, 2.05) is 36.6 Å². The molecule has 1 amide bonds. The Balaban J connectivity index is 1.48. The number of aromatic amines is 1. The standard InChI is InChI=1S/C28H24Cl2FN5O3/c1-4-39-23(37)11-15-8-9-22-20(10-15)33-28(36(22)14(2)3)35-27(38)16-12-18(30)25-21(13-16)32-26(34-25)24-17(29)6-5-7-19(24)31/h5-10,12-14H,4,11H2,1-3H3,(H,32,34)(H,33,35,38). The zero-order valence-electron chi connectivity index (χ0n) is 21.3. The van der Waals surface area contributed by atoms with Gasteiger partial charge in [-0.15, -0.1) is 0 Å². The van der Waals surface area contributed by atoms with Crippen LogP contribution < -0.4 is 5.32 Å². The van der Waals surface area contributed by atoms with Crippen molar-refractivity contribution in [3.8, 4) is 11.4 Å². The van der Waals surface area contributed by atoms with E-state index < -0.39 is 11.7 Å². The van der Waals surface area contributed by atoms with Crippen molar-refractivity contribution in [1.82, 2.24) is 19.5 Å². The summed E-state index contributed by atoms with van der Waals surface area (Å²) in [5, 5.41) is 3.29. The maximum absolute atomic E-state index is 14.5. The molecule has 0 fully saturated rings. The number of halogens is 3. The number of hydrogen-bond acceptors (Lipinski definition) is 5. The molecule has 0 radical (unpaired) electrons. The van der Waals surface area contributed by atoms with Crippen LogP contribution in [0, 0.1) is 5.82 Å². The first-order chi connectivity index (χ1) is 18.7. The van der Waals surface area contributed by atoms with Gasteiger partial charge in [-0.1, -0.05) is 35.3 Å². The van der Waals surface area contributed by atoms with Crippen LogP contribution in [-0.2, 0) is 16.0 Å². The van der Waals surface area contributed by atoms with Crippen LogP contribution in [0.1, 0.15) is 42.7 Å². The Hall–Kier alpha value is -3.95. The van der Waals surface area contributed by atoms with E-state index in [9.17, 15) is 14.0 Å². The van der Waals surface area contributed by atoms with Crippen LogP contribution in [0.5, 0.6) is 0 Å². The number of aromatic nitrogens is 4. The topological polar surface area (TPSA) is 102 Å². The summed E-state index contributed by atoms with van der Waals surface area (Å²) in [7, 11) is 0. The van der Waals surface area contributed by atoms with Crippen molar-refractivity contribution in [1.29, 1.82) is 0 Å². The highest BCUT2D eigenvalue weighted by Crippen LogP contribution is 2.33. The molecule has 0 aliphatic carbocycles. The predicted octanol–water partition coefficient (Wildman–Crippen LogP) is 6.96. The number of anilines is 1. The summed E-state index contributed by atoms with van der Waals surface area (Å²) in [5.74, 6) is -0.748. The second-order valence-corrected chi connectivity index (χ2v) is 10.0. The fourth-order valence-corrected chi connectivity index (χ4v) is 4.98. The maximum Gasteiger partial charge on any atom is 0.310 e. The van der Waals surface area contributed by atoms with Crippen molar-refractivity contribution in [2.75, 3.05) is 11.9 Å². The summed E-state index contributed by atoms with van der Waals surface area (Å²) >= 11 is 12.7. The number of carbonyl (C=O) groups is 2. The Morgan fingerprint density at radius 1 is 1.10 bits per heavy atom. The predicted molar refractivity (Wildman–Crippen MR) is 150 cm³/mol. The highest BCUT2D eigenvalue weighted by Gasteiger charge is 2.20. The Bertz CT molecular complexity index is 1720. The van der Waals surface area contributed by atoms with Crippen LogP contribution in [-0.4, -0.2) is 38.0 Å². The number of H-pyrrole nitrogens is 1. The molecule has 0 saturated carbocycles. The molecule has 200 valence electrons. The SMILES string of the molecule is CCOC(=O)Cc1ccc2c(c1)nc(NC(=O)c1cc(Cl)c3nc(-c4c(F)cccc4Cl)[nH]c3c1)n2C(C)C. The molecule has 39 heavy (non-hydrogen) atoms. The average molecular weight is 568 g/mol. The molecule has 0 unspecified atom stereocenters. The molecule has 0 aliphatic heterocycles. The molecule has 3 aromatic carbocycles. The van der Waals surface area contributed by atoms with Crippen LogP contribution in [0.2, 0.25) is 10.0 Å². The van der Waals surface area contributed by atoms with Crippen LogP contribution in [0.25, 0.3) is 33.5 Å². The first kappa shape index (κ1) is 26.6. The van der Waals surface area contributed by atoms with Crippen LogP contribution in [0.15, 0.2) is 48.5 Å². The summed E-state index contributed by atoms with van der Waals surface area (Å²) in [6.07, 6.45) is 0.128. The molecule has 2 heterocycles. The first-order valence-corrected chi connectivity index (χ1v) is 13.0. The largest absolute Gasteiger partial charge is 0.466 e. The normalized spacial score (nSPS) is 11.5. The molecule has 0 spiro atoms. The molecular weight excluding hydrogens is 544 g/mol. The number of rotatable bonds is 7. The molecule has 2 aromatic heterocycles. The number of esters is 1. The van der Waals surface area contributed by atoms with Crippen molar-refractivity contribution < 1.29 is 18.7 Å². The minimum atomic E-state index is -0.534. The van der Waals surface area contributed by atoms with E-state index in [1.54, 1.807) is 19.1 Å². The number of imidazole rings is 2. The van der Waals surface area contributed by atoms with Gasteiger partial charge >= 0.3 is 5.97 Å². The summed E-state index contributed by atoms with van der Waals surface area (Å²) in [6.45, 7) is 6.03. The van der Waals surface area contributed by atoms with E-state index in [0.717, 1.165) is 11.1 Å². The first-order valence-electron chi connectivity index (χ1n) is 12.3. The highest BCUT2D eigenvalue weighted by atomic mass is 35.5. The van der Waals surface area contributed by atoms with E-state index in [4.69, 9.17) is 27.9 Å². The van der Waals surface area contributed by atoms with Crippen molar-refractivity contribution in [3.05, 3.63) is 75.5 Å². The molecule has 0 atom stereocenters. The third-order valence-corrected chi connectivity index (χ3v) is 6.75. The van der Waals surface area contributed by atoms with Gasteiger partial charge in [0.1, 0.15) is 17.2 Å². The zero-order valence-corrected chi connectivity index (χ0v) is 22.8. The van der Waals surface area contributed by atoms with Gasteiger partial charge in [0, 0.05) is 11.6 Å². The number of carbonyl (C=O) groups excluding carboxylic acids is 2. The van der Waals surface area contributed by atoms with Gasteiger partial charge in [-0.3, -0.25) is 14.9 Å². The van der Waals surface area contributed by atoms with Gasteiger partial charge in [-0.05, 0) is 62.7 Å². The van der Waals surface area contributed by atoms with Gasteiger partial charge < -0.3 is 14.3 Å². The molecule has 5 aromatic rings. The lowest BCUT2D eigenvalue weighted by atomic mass is 10.1. The minimum absolute atomic E-state index is 0.0204. The Morgan fingerprint density at radius 2 is 1.90 bits per heavy atom. The van der Waals surface area contributed by atoms with Gasteiger partial charge in [0.05, 0.1) is 45.2 Å². The maximum atomic E-state index is 14.5. The number of nitrogens with one attached hydrogen (secondary N) is 2. The quantitative estimate of drug-likeness (QED) is 0.207. The number of fused-ring (bicyclic) bond motifs is 2. The summed E-state index contributed by atoms with van der Waals surface area (Å²) in [4.78, 5) is 37.3. The summed E-state index contributed by atoms with van der Waals surface area (Å²) < 4.78 is 21.4. The number of ether oxygens (including phenoxy) is 1. The molecule has 0 saturated heterocycles.